The summed E-state index contributed by atoms with van der Waals surface area (Å²) in [6.45, 7) is 7.18. The third-order valence-electron chi connectivity index (χ3n) is 4.86. The van der Waals surface area contributed by atoms with E-state index in [2.05, 4.69) is 20.8 Å². The summed E-state index contributed by atoms with van der Waals surface area (Å²) in [5, 5.41) is 0. The molecule has 3 atom stereocenters. The van der Waals surface area contributed by atoms with Crippen LogP contribution in [0, 0.1) is 16.7 Å². The van der Waals surface area contributed by atoms with Gasteiger partial charge in [-0.15, -0.1) is 0 Å². The van der Waals surface area contributed by atoms with Gasteiger partial charge in [0.1, 0.15) is 0 Å². The van der Waals surface area contributed by atoms with E-state index >= 15 is 0 Å². The van der Waals surface area contributed by atoms with Crippen LogP contribution in [0.15, 0.2) is 0 Å². The fourth-order valence-corrected chi connectivity index (χ4v) is 3.27. The highest BCUT2D eigenvalue weighted by molar-refractivity contribution is 5.11. The Kier molecular flexibility index (Phi) is 1.26. The van der Waals surface area contributed by atoms with Gasteiger partial charge in [0.25, 0.3) is 0 Å². The molecule has 0 spiro atoms. The lowest BCUT2D eigenvalue weighted by molar-refractivity contribution is 0.136. The van der Waals surface area contributed by atoms with Crippen LogP contribution in [0.1, 0.15) is 40.0 Å². The van der Waals surface area contributed by atoms with Crippen molar-refractivity contribution in [3.8, 4) is 0 Å². The van der Waals surface area contributed by atoms with Crippen LogP contribution in [0.3, 0.4) is 0 Å². The normalized spacial score (nSPS) is 53.5. The first-order valence-electron chi connectivity index (χ1n) is 4.74. The smallest absolute Gasteiger partial charge is 0.0101 e. The maximum absolute atomic E-state index is 6.13. The molecule has 2 N–H and O–H groups in total. The Morgan fingerprint density at radius 1 is 1.27 bits per heavy atom. The van der Waals surface area contributed by atoms with E-state index in [1.807, 2.05) is 0 Å². The molecule has 0 aromatic carbocycles. The van der Waals surface area contributed by atoms with Crippen molar-refractivity contribution in [1.29, 1.82) is 0 Å². The summed E-state index contributed by atoms with van der Waals surface area (Å²) in [4.78, 5) is 0. The van der Waals surface area contributed by atoms with Gasteiger partial charge in [-0.25, -0.2) is 0 Å². The first-order valence-corrected chi connectivity index (χ1v) is 4.74. The molecule has 1 nitrogen and oxygen atoms in total. The Morgan fingerprint density at radius 2 is 1.91 bits per heavy atom. The summed E-state index contributed by atoms with van der Waals surface area (Å²) in [6.07, 6.45) is 4.03. The highest BCUT2D eigenvalue weighted by Gasteiger charge is 2.59. The molecular formula is C10H19N. The second kappa shape index (κ2) is 1.82. The van der Waals surface area contributed by atoms with Crippen LogP contribution < -0.4 is 5.73 Å². The predicted octanol–water partition coefficient (Wildman–Crippen LogP) is 2.16. The fourth-order valence-electron chi connectivity index (χ4n) is 3.27. The Hall–Kier alpha value is -0.0400. The van der Waals surface area contributed by atoms with Crippen molar-refractivity contribution < 1.29 is 0 Å². The van der Waals surface area contributed by atoms with Crippen molar-refractivity contribution in [3.05, 3.63) is 0 Å². The highest BCUT2D eigenvalue weighted by atomic mass is 14.8. The molecule has 2 bridgehead atoms. The average Bonchev–Trinajstić information content (AvgIpc) is 2.20. The third-order valence-corrected chi connectivity index (χ3v) is 4.86. The van der Waals surface area contributed by atoms with Crippen LogP contribution in [0.2, 0.25) is 0 Å². The van der Waals surface area contributed by atoms with Gasteiger partial charge in [0.05, 0.1) is 0 Å². The standard InChI is InChI=1S/C10H19N/c1-9(2)7-4-5-10(9,3)8(11)6-7/h7-8H,4-6,11H2,1-3H3/t7?,8-,10?/m0/s1. The van der Waals surface area contributed by atoms with Gasteiger partial charge < -0.3 is 5.73 Å². The van der Waals surface area contributed by atoms with Gasteiger partial charge in [-0.3, -0.25) is 0 Å². The SMILES string of the molecule is CC1(C)C2CCC1(C)[C@@H](N)C2. The molecule has 0 saturated heterocycles. The van der Waals surface area contributed by atoms with E-state index in [4.69, 9.17) is 5.73 Å². The molecule has 0 aliphatic heterocycles. The van der Waals surface area contributed by atoms with Gasteiger partial charge >= 0.3 is 0 Å². The van der Waals surface area contributed by atoms with Crippen LogP contribution in [-0.4, -0.2) is 6.04 Å². The molecule has 64 valence electrons. The van der Waals surface area contributed by atoms with Crippen LogP contribution in [0.4, 0.5) is 0 Å². The van der Waals surface area contributed by atoms with Crippen LogP contribution in [-0.2, 0) is 0 Å². The largest absolute Gasteiger partial charge is 0.327 e. The van der Waals surface area contributed by atoms with Gasteiger partial charge in [0.15, 0.2) is 0 Å². The van der Waals surface area contributed by atoms with Crippen molar-refractivity contribution in [2.24, 2.45) is 22.5 Å². The molecule has 2 aliphatic carbocycles. The Labute approximate surface area is 69.4 Å². The van der Waals surface area contributed by atoms with Gasteiger partial charge in [-0.2, -0.15) is 0 Å². The van der Waals surface area contributed by atoms with E-state index < -0.39 is 0 Å². The second-order valence-corrected chi connectivity index (χ2v) is 5.22. The molecule has 11 heavy (non-hydrogen) atoms. The van der Waals surface area contributed by atoms with E-state index in [9.17, 15) is 0 Å². The van der Waals surface area contributed by atoms with Gasteiger partial charge in [-0.1, -0.05) is 20.8 Å². The molecule has 2 fully saturated rings. The zero-order valence-corrected chi connectivity index (χ0v) is 7.85. The monoisotopic (exact) mass is 153 g/mol. The molecule has 0 aromatic rings. The van der Waals surface area contributed by atoms with Gasteiger partial charge in [-0.05, 0) is 36.0 Å². The van der Waals surface area contributed by atoms with E-state index in [0.717, 1.165) is 5.92 Å². The van der Waals surface area contributed by atoms with Crippen molar-refractivity contribution in [2.45, 2.75) is 46.1 Å². The minimum Gasteiger partial charge on any atom is -0.327 e. The summed E-state index contributed by atoms with van der Waals surface area (Å²) >= 11 is 0. The Balaban J connectivity index is 2.40. The van der Waals surface area contributed by atoms with Crippen molar-refractivity contribution in [2.75, 3.05) is 0 Å². The predicted molar refractivity (Wildman–Crippen MR) is 47.2 cm³/mol. The van der Waals surface area contributed by atoms with Gasteiger partial charge in [0.2, 0.25) is 0 Å². The fraction of sp³-hybridized carbons (Fsp3) is 1.00. The summed E-state index contributed by atoms with van der Waals surface area (Å²) in [5.41, 5.74) is 7.08. The van der Waals surface area contributed by atoms with Crippen molar-refractivity contribution in [3.63, 3.8) is 0 Å². The minimum atomic E-state index is 0.442. The zero-order chi connectivity index (χ0) is 8.28. The van der Waals surface area contributed by atoms with Crippen molar-refractivity contribution in [1.82, 2.24) is 0 Å². The molecule has 0 radical (unpaired) electrons. The lowest BCUT2D eigenvalue weighted by Gasteiger charge is -2.37. The third kappa shape index (κ3) is 0.658. The second-order valence-electron chi connectivity index (χ2n) is 5.22. The molecule has 2 aliphatic rings. The maximum Gasteiger partial charge on any atom is 0.0101 e. The molecular weight excluding hydrogens is 134 g/mol. The summed E-state index contributed by atoms with van der Waals surface area (Å²) in [6, 6.07) is 0.469. The Morgan fingerprint density at radius 3 is 2.09 bits per heavy atom. The number of rotatable bonds is 0. The van der Waals surface area contributed by atoms with Gasteiger partial charge in [0, 0.05) is 6.04 Å². The zero-order valence-electron chi connectivity index (χ0n) is 7.85. The average molecular weight is 153 g/mol. The number of hydrogen-bond acceptors (Lipinski definition) is 1. The highest BCUT2D eigenvalue weighted by Crippen LogP contribution is 2.64. The molecule has 2 unspecified atom stereocenters. The molecule has 2 saturated carbocycles. The Bertz CT molecular complexity index is 185. The maximum atomic E-state index is 6.13. The molecule has 1 heteroatoms. The molecule has 0 amide bonds. The first-order chi connectivity index (χ1) is 4.98. The summed E-state index contributed by atoms with van der Waals surface area (Å²) in [7, 11) is 0. The first kappa shape index (κ1) is 7.60. The van der Waals surface area contributed by atoms with Crippen LogP contribution in [0.25, 0.3) is 0 Å². The van der Waals surface area contributed by atoms with Crippen LogP contribution in [0.5, 0.6) is 0 Å². The number of fused-ring (bicyclic) bond motifs is 2. The quantitative estimate of drug-likeness (QED) is 0.567. The lowest BCUT2D eigenvalue weighted by Crippen LogP contribution is -2.40. The molecule has 0 heterocycles. The minimum absolute atomic E-state index is 0.442. The van der Waals surface area contributed by atoms with Crippen molar-refractivity contribution >= 4 is 0 Å². The van der Waals surface area contributed by atoms with E-state index in [-0.39, 0.29) is 0 Å². The summed E-state index contributed by atoms with van der Waals surface area (Å²) in [5.74, 6) is 0.905. The topological polar surface area (TPSA) is 26.0 Å². The van der Waals surface area contributed by atoms with Crippen LogP contribution >= 0.6 is 0 Å². The number of nitrogens with two attached hydrogens (primary N) is 1. The molecule has 0 aromatic heterocycles. The lowest BCUT2D eigenvalue weighted by atomic mass is 9.69. The molecule has 2 rings (SSSR count). The summed E-state index contributed by atoms with van der Waals surface area (Å²) < 4.78 is 0. The number of hydrogen-bond donors (Lipinski definition) is 1. The van der Waals surface area contributed by atoms with E-state index in [1.54, 1.807) is 0 Å². The van der Waals surface area contributed by atoms with E-state index in [1.165, 1.54) is 19.3 Å². The van der Waals surface area contributed by atoms with E-state index in [0.29, 0.717) is 16.9 Å².